The standard InChI is InChI=1S/C12H14N4O/c1-2-7-17-12-5-3-11(4-6-12)8-15-16-9-13-14-10-16/h3-6,8-10H,2,7H2,1H3/b15-8+. The van der Waals surface area contributed by atoms with E-state index in [1.54, 1.807) is 10.9 Å². The Balaban J connectivity index is 1.98. The van der Waals surface area contributed by atoms with Crippen molar-refractivity contribution in [3.8, 4) is 5.75 Å². The van der Waals surface area contributed by atoms with Gasteiger partial charge in [-0.25, -0.2) is 4.68 Å². The average Bonchev–Trinajstić information content (AvgIpc) is 2.88. The van der Waals surface area contributed by atoms with Crippen LogP contribution in [-0.2, 0) is 0 Å². The van der Waals surface area contributed by atoms with Gasteiger partial charge in [0.2, 0.25) is 0 Å². The molecule has 5 nitrogen and oxygen atoms in total. The Morgan fingerprint density at radius 3 is 2.59 bits per heavy atom. The molecule has 0 aliphatic heterocycles. The SMILES string of the molecule is CCCOc1ccc(/C=N/n2cnnc2)cc1. The van der Waals surface area contributed by atoms with Crippen molar-refractivity contribution in [2.75, 3.05) is 6.61 Å². The Hall–Kier alpha value is -2.17. The summed E-state index contributed by atoms with van der Waals surface area (Å²) in [5, 5.41) is 11.5. The van der Waals surface area contributed by atoms with Gasteiger partial charge in [0.1, 0.15) is 18.4 Å². The van der Waals surface area contributed by atoms with Crippen molar-refractivity contribution < 1.29 is 4.74 Å². The first-order valence-electron chi connectivity index (χ1n) is 5.50. The van der Waals surface area contributed by atoms with Crippen LogP contribution in [0.4, 0.5) is 0 Å². The molecule has 0 saturated heterocycles. The molecular weight excluding hydrogens is 216 g/mol. The van der Waals surface area contributed by atoms with Crippen LogP contribution in [0.3, 0.4) is 0 Å². The fraction of sp³-hybridized carbons (Fsp3) is 0.250. The van der Waals surface area contributed by atoms with Crippen LogP contribution in [-0.4, -0.2) is 27.7 Å². The summed E-state index contributed by atoms with van der Waals surface area (Å²) in [5.74, 6) is 0.883. The van der Waals surface area contributed by atoms with E-state index in [-0.39, 0.29) is 0 Å². The van der Waals surface area contributed by atoms with Crippen LogP contribution in [0.15, 0.2) is 42.0 Å². The topological polar surface area (TPSA) is 52.3 Å². The molecule has 0 saturated carbocycles. The maximum Gasteiger partial charge on any atom is 0.141 e. The Morgan fingerprint density at radius 2 is 1.94 bits per heavy atom. The summed E-state index contributed by atoms with van der Waals surface area (Å²) >= 11 is 0. The third-order valence-electron chi connectivity index (χ3n) is 2.10. The minimum Gasteiger partial charge on any atom is -0.494 e. The number of hydrogen-bond acceptors (Lipinski definition) is 4. The third kappa shape index (κ3) is 3.41. The predicted octanol–water partition coefficient (Wildman–Crippen LogP) is 1.95. The van der Waals surface area contributed by atoms with Crippen LogP contribution in [0.5, 0.6) is 5.75 Å². The van der Waals surface area contributed by atoms with E-state index in [2.05, 4.69) is 22.2 Å². The Bertz CT molecular complexity index is 462. The molecule has 0 radical (unpaired) electrons. The van der Waals surface area contributed by atoms with Gasteiger partial charge in [-0.1, -0.05) is 6.92 Å². The quantitative estimate of drug-likeness (QED) is 0.738. The minimum atomic E-state index is 0.744. The summed E-state index contributed by atoms with van der Waals surface area (Å²) < 4.78 is 7.03. The second kappa shape index (κ2) is 5.79. The summed E-state index contributed by atoms with van der Waals surface area (Å²) in [6, 6.07) is 7.78. The van der Waals surface area contributed by atoms with Gasteiger partial charge in [0, 0.05) is 0 Å². The molecule has 0 aliphatic carbocycles. The fourth-order valence-corrected chi connectivity index (χ4v) is 1.26. The molecule has 0 aliphatic rings. The number of benzene rings is 1. The Labute approximate surface area is 99.8 Å². The van der Waals surface area contributed by atoms with E-state index in [9.17, 15) is 0 Å². The largest absolute Gasteiger partial charge is 0.494 e. The van der Waals surface area contributed by atoms with E-state index in [0.717, 1.165) is 24.3 Å². The van der Waals surface area contributed by atoms with Gasteiger partial charge < -0.3 is 4.74 Å². The monoisotopic (exact) mass is 230 g/mol. The van der Waals surface area contributed by atoms with Gasteiger partial charge in [0.05, 0.1) is 12.8 Å². The van der Waals surface area contributed by atoms with Crippen molar-refractivity contribution in [3.63, 3.8) is 0 Å². The van der Waals surface area contributed by atoms with Crippen LogP contribution in [0.2, 0.25) is 0 Å². The highest BCUT2D eigenvalue weighted by Gasteiger charge is 1.93. The van der Waals surface area contributed by atoms with Crippen molar-refractivity contribution in [2.24, 2.45) is 5.10 Å². The van der Waals surface area contributed by atoms with E-state index in [4.69, 9.17) is 4.74 Å². The molecule has 1 aromatic heterocycles. The maximum absolute atomic E-state index is 5.49. The van der Waals surface area contributed by atoms with Crippen molar-refractivity contribution in [1.82, 2.24) is 14.9 Å². The molecule has 0 spiro atoms. The van der Waals surface area contributed by atoms with Crippen molar-refractivity contribution in [3.05, 3.63) is 42.5 Å². The molecule has 0 bridgehead atoms. The van der Waals surface area contributed by atoms with Crippen LogP contribution < -0.4 is 4.74 Å². The lowest BCUT2D eigenvalue weighted by Crippen LogP contribution is -1.95. The van der Waals surface area contributed by atoms with Crippen LogP contribution in [0.25, 0.3) is 0 Å². The van der Waals surface area contributed by atoms with E-state index in [0.29, 0.717) is 0 Å². The lowest BCUT2D eigenvalue weighted by Gasteiger charge is -2.03. The molecule has 0 amide bonds. The molecule has 2 aromatic rings. The van der Waals surface area contributed by atoms with Crippen LogP contribution >= 0.6 is 0 Å². The molecule has 2 rings (SSSR count). The smallest absolute Gasteiger partial charge is 0.141 e. The summed E-state index contributed by atoms with van der Waals surface area (Å²) in [6.45, 7) is 2.83. The molecule has 1 heterocycles. The number of nitrogens with zero attached hydrogens (tertiary/aromatic N) is 4. The predicted molar refractivity (Wildman–Crippen MR) is 65.2 cm³/mol. The Morgan fingerprint density at radius 1 is 1.24 bits per heavy atom. The highest BCUT2D eigenvalue weighted by molar-refractivity contribution is 5.79. The van der Waals surface area contributed by atoms with Gasteiger partial charge in [0.15, 0.2) is 0 Å². The second-order valence-corrected chi connectivity index (χ2v) is 3.50. The number of hydrogen-bond donors (Lipinski definition) is 0. The number of ether oxygens (including phenoxy) is 1. The molecule has 1 aromatic carbocycles. The summed E-state index contributed by atoms with van der Waals surface area (Å²) in [6.07, 6.45) is 5.83. The summed E-state index contributed by atoms with van der Waals surface area (Å²) in [7, 11) is 0. The second-order valence-electron chi connectivity index (χ2n) is 3.50. The number of rotatable bonds is 5. The fourth-order valence-electron chi connectivity index (χ4n) is 1.26. The molecule has 88 valence electrons. The third-order valence-corrected chi connectivity index (χ3v) is 2.10. The maximum atomic E-state index is 5.49. The van der Waals surface area contributed by atoms with Crippen molar-refractivity contribution in [1.29, 1.82) is 0 Å². The molecule has 0 fully saturated rings. The van der Waals surface area contributed by atoms with Gasteiger partial charge in [-0.3, -0.25) is 0 Å². The molecule has 0 unspecified atom stereocenters. The highest BCUT2D eigenvalue weighted by Crippen LogP contribution is 2.11. The molecule has 0 atom stereocenters. The average molecular weight is 230 g/mol. The first kappa shape index (κ1) is 11.3. The Kier molecular flexibility index (Phi) is 3.85. The zero-order chi connectivity index (χ0) is 11.9. The zero-order valence-electron chi connectivity index (χ0n) is 9.65. The normalized spacial score (nSPS) is 10.9. The van der Waals surface area contributed by atoms with Gasteiger partial charge >= 0.3 is 0 Å². The van der Waals surface area contributed by atoms with Crippen LogP contribution in [0.1, 0.15) is 18.9 Å². The van der Waals surface area contributed by atoms with Crippen molar-refractivity contribution >= 4 is 6.21 Å². The summed E-state index contributed by atoms with van der Waals surface area (Å²) in [5.41, 5.74) is 1.00. The minimum absolute atomic E-state index is 0.744. The van der Waals surface area contributed by atoms with E-state index in [1.165, 1.54) is 12.7 Å². The molecule has 5 heteroatoms. The molecular formula is C12H14N4O. The summed E-state index contributed by atoms with van der Waals surface area (Å²) in [4.78, 5) is 0. The van der Waals surface area contributed by atoms with E-state index >= 15 is 0 Å². The first-order valence-corrected chi connectivity index (χ1v) is 5.50. The van der Waals surface area contributed by atoms with Gasteiger partial charge in [-0.15, -0.1) is 10.2 Å². The van der Waals surface area contributed by atoms with Crippen LogP contribution in [0, 0.1) is 0 Å². The lowest BCUT2D eigenvalue weighted by atomic mass is 10.2. The highest BCUT2D eigenvalue weighted by atomic mass is 16.5. The van der Waals surface area contributed by atoms with E-state index < -0.39 is 0 Å². The van der Waals surface area contributed by atoms with E-state index in [1.807, 2.05) is 24.3 Å². The lowest BCUT2D eigenvalue weighted by molar-refractivity contribution is 0.317. The zero-order valence-corrected chi connectivity index (χ0v) is 9.65. The molecule has 17 heavy (non-hydrogen) atoms. The van der Waals surface area contributed by atoms with Gasteiger partial charge in [-0.2, -0.15) is 5.10 Å². The van der Waals surface area contributed by atoms with Gasteiger partial charge in [0.25, 0.3) is 0 Å². The van der Waals surface area contributed by atoms with Gasteiger partial charge in [-0.05, 0) is 36.2 Å². The van der Waals surface area contributed by atoms with Crippen molar-refractivity contribution in [2.45, 2.75) is 13.3 Å². The number of aromatic nitrogens is 3. The first-order chi connectivity index (χ1) is 8.38. The molecule has 0 N–H and O–H groups in total.